The number of thioether (sulfide) groups is 1. The number of rotatable bonds is 3. The molecule has 4 nitrogen and oxygen atoms in total. The van der Waals surface area contributed by atoms with E-state index < -0.39 is 22.7 Å². The van der Waals surface area contributed by atoms with Crippen LogP contribution in [0.3, 0.4) is 0 Å². The molecule has 4 rings (SSSR count). The van der Waals surface area contributed by atoms with Crippen LogP contribution in [-0.2, 0) is 10.3 Å². The minimum absolute atomic E-state index is 0.477. The van der Waals surface area contributed by atoms with Crippen molar-refractivity contribution < 1.29 is 14.6 Å². The molecule has 0 aromatic heterocycles. The number of para-hydroxylation sites is 1. The largest absolute Gasteiger partial charge is 0.443 e. The smallest absolute Gasteiger partial charge is 0.415 e. The summed E-state index contributed by atoms with van der Waals surface area (Å²) in [7, 11) is 0. The molecule has 1 N–H and O–H groups in total. The van der Waals surface area contributed by atoms with Gasteiger partial charge in [0.1, 0.15) is 16.6 Å². The van der Waals surface area contributed by atoms with Crippen LogP contribution in [-0.4, -0.2) is 22.2 Å². The standard InChI is InChI=1S/C25H25NO3S/c1-24(2,3)29-23(27)26-20-16-10-11-17-21(20)30-22(26)25(28,18-12-6-4-7-13-18)19-14-8-5-9-15-19/h4-17,22,28H,1-3H3/t22-/m1/s1. The summed E-state index contributed by atoms with van der Waals surface area (Å²) in [6.45, 7) is 5.53. The first-order valence-corrected chi connectivity index (χ1v) is 10.8. The van der Waals surface area contributed by atoms with E-state index in [0.29, 0.717) is 0 Å². The van der Waals surface area contributed by atoms with Crippen molar-refractivity contribution >= 4 is 23.5 Å². The van der Waals surface area contributed by atoms with Gasteiger partial charge < -0.3 is 9.84 Å². The van der Waals surface area contributed by atoms with Crippen molar-refractivity contribution in [2.24, 2.45) is 0 Å². The average molecular weight is 420 g/mol. The molecule has 1 atom stereocenters. The van der Waals surface area contributed by atoms with Gasteiger partial charge in [-0.05, 0) is 44.0 Å². The predicted octanol–water partition coefficient (Wildman–Crippen LogP) is 5.80. The summed E-state index contributed by atoms with van der Waals surface area (Å²) < 4.78 is 5.74. The highest BCUT2D eigenvalue weighted by Gasteiger charge is 2.51. The molecule has 0 fully saturated rings. The lowest BCUT2D eigenvalue weighted by Gasteiger charge is -2.39. The van der Waals surface area contributed by atoms with Crippen molar-refractivity contribution in [3.63, 3.8) is 0 Å². The molecule has 0 unspecified atom stereocenters. The maximum Gasteiger partial charge on any atom is 0.415 e. The molecule has 0 aliphatic carbocycles. The zero-order valence-electron chi connectivity index (χ0n) is 17.3. The summed E-state index contributed by atoms with van der Waals surface area (Å²) in [5.74, 6) is 0. The molecular formula is C25H25NO3S. The second-order valence-corrected chi connectivity index (χ2v) is 9.41. The molecule has 1 aliphatic rings. The van der Waals surface area contributed by atoms with Crippen molar-refractivity contribution in [1.82, 2.24) is 0 Å². The fourth-order valence-electron chi connectivity index (χ4n) is 3.67. The summed E-state index contributed by atoms with van der Waals surface area (Å²) in [5, 5.41) is 11.6. The number of amides is 1. The van der Waals surface area contributed by atoms with Crippen LogP contribution >= 0.6 is 11.8 Å². The number of benzene rings is 3. The summed E-state index contributed by atoms with van der Waals surface area (Å²) in [4.78, 5) is 15.8. The highest BCUT2D eigenvalue weighted by molar-refractivity contribution is 8.00. The van der Waals surface area contributed by atoms with Crippen molar-refractivity contribution in [2.75, 3.05) is 4.90 Å². The van der Waals surface area contributed by atoms with Crippen molar-refractivity contribution in [2.45, 2.75) is 42.2 Å². The van der Waals surface area contributed by atoms with E-state index in [1.165, 1.54) is 11.8 Å². The Kier molecular flexibility index (Phi) is 5.35. The Balaban J connectivity index is 1.88. The van der Waals surface area contributed by atoms with Gasteiger partial charge in [0.15, 0.2) is 0 Å². The number of carbonyl (C=O) groups is 1. The zero-order valence-corrected chi connectivity index (χ0v) is 18.1. The van der Waals surface area contributed by atoms with Crippen LogP contribution in [0.1, 0.15) is 31.9 Å². The summed E-state index contributed by atoms with van der Waals surface area (Å²) >= 11 is 1.47. The molecule has 3 aromatic rings. The molecule has 3 aromatic carbocycles. The Hall–Kier alpha value is -2.76. The first-order valence-electron chi connectivity index (χ1n) is 9.92. The second kappa shape index (κ2) is 7.82. The third-order valence-corrected chi connectivity index (χ3v) is 6.35. The third kappa shape index (κ3) is 3.71. The lowest BCUT2D eigenvalue weighted by atomic mass is 9.85. The van der Waals surface area contributed by atoms with Crippen LogP contribution in [0.4, 0.5) is 10.5 Å². The molecule has 30 heavy (non-hydrogen) atoms. The van der Waals surface area contributed by atoms with Crippen LogP contribution in [0.5, 0.6) is 0 Å². The Morgan fingerprint density at radius 2 is 1.37 bits per heavy atom. The number of aliphatic hydroxyl groups is 1. The second-order valence-electron chi connectivity index (χ2n) is 8.29. The third-order valence-electron chi connectivity index (χ3n) is 4.97. The minimum atomic E-state index is -1.44. The van der Waals surface area contributed by atoms with E-state index in [9.17, 15) is 9.90 Å². The normalized spacial score (nSPS) is 16.3. The molecule has 0 bridgehead atoms. The first kappa shape index (κ1) is 20.5. The summed E-state index contributed by atoms with van der Waals surface area (Å²) in [6, 6.07) is 26.7. The van der Waals surface area contributed by atoms with Crippen molar-refractivity contribution in [3.05, 3.63) is 96.1 Å². The van der Waals surface area contributed by atoms with Gasteiger partial charge in [0, 0.05) is 4.90 Å². The fraction of sp³-hybridized carbons (Fsp3) is 0.240. The Bertz CT molecular complexity index is 992. The van der Waals surface area contributed by atoms with E-state index >= 15 is 0 Å². The van der Waals surface area contributed by atoms with E-state index in [4.69, 9.17) is 4.74 Å². The van der Waals surface area contributed by atoms with Gasteiger partial charge in [0.25, 0.3) is 0 Å². The van der Waals surface area contributed by atoms with Gasteiger partial charge in [-0.25, -0.2) is 4.79 Å². The van der Waals surface area contributed by atoms with Crippen LogP contribution in [0.2, 0.25) is 0 Å². The molecule has 0 saturated heterocycles. The number of nitrogens with zero attached hydrogens (tertiary/aromatic N) is 1. The number of anilines is 1. The fourth-order valence-corrected chi connectivity index (χ4v) is 5.10. The van der Waals surface area contributed by atoms with E-state index in [0.717, 1.165) is 21.7 Å². The van der Waals surface area contributed by atoms with Gasteiger partial charge >= 0.3 is 6.09 Å². The van der Waals surface area contributed by atoms with E-state index in [-0.39, 0.29) is 0 Å². The quantitative estimate of drug-likeness (QED) is 0.583. The molecule has 0 saturated carbocycles. The van der Waals surface area contributed by atoms with Crippen LogP contribution in [0, 0.1) is 0 Å². The number of carbonyl (C=O) groups excluding carboxylic acids is 1. The Labute approximate surface area is 181 Å². The maximum atomic E-state index is 13.3. The molecule has 1 aliphatic heterocycles. The molecule has 154 valence electrons. The van der Waals surface area contributed by atoms with E-state index in [1.807, 2.05) is 106 Å². The van der Waals surface area contributed by atoms with Gasteiger partial charge in [0.2, 0.25) is 0 Å². The Morgan fingerprint density at radius 1 is 0.867 bits per heavy atom. The van der Waals surface area contributed by atoms with Crippen molar-refractivity contribution in [1.29, 1.82) is 0 Å². The lowest BCUT2D eigenvalue weighted by molar-refractivity contribution is 0.0446. The average Bonchev–Trinajstić information content (AvgIpc) is 3.13. The highest BCUT2D eigenvalue weighted by Crippen LogP contribution is 2.52. The number of hydrogen-bond acceptors (Lipinski definition) is 4. The number of ether oxygens (including phenoxy) is 1. The summed E-state index contributed by atoms with van der Waals surface area (Å²) in [5.41, 5.74) is 0.0852. The maximum absolute atomic E-state index is 13.3. The number of hydrogen-bond donors (Lipinski definition) is 1. The van der Waals surface area contributed by atoms with E-state index in [1.54, 1.807) is 4.90 Å². The lowest BCUT2D eigenvalue weighted by Crippen LogP contribution is -2.51. The predicted molar refractivity (Wildman–Crippen MR) is 121 cm³/mol. The monoisotopic (exact) mass is 419 g/mol. The van der Waals surface area contributed by atoms with Gasteiger partial charge in [-0.2, -0.15) is 0 Å². The summed E-state index contributed by atoms with van der Waals surface area (Å²) in [6.07, 6.45) is -0.477. The molecule has 0 spiro atoms. The zero-order chi connectivity index (χ0) is 21.4. The van der Waals surface area contributed by atoms with Crippen LogP contribution in [0.15, 0.2) is 89.8 Å². The Morgan fingerprint density at radius 3 is 1.90 bits per heavy atom. The van der Waals surface area contributed by atoms with Crippen molar-refractivity contribution in [3.8, 4) is 0 Å². The van der Waals surface area contributed by atoms with Gasteiger partial charge in [-0.1, -0.05) is 84.6 Å². The molecule has 0 radical (unpaired) electrons. The highest BCUT2D eigenvalue weighted by atomic mass is 32.2. The minimum Gasteiger partial charge on any atom is -0.443 e. The van der Waals surface area contributed by atoms with Crippen LogP contribution in [0.25, 0.3) is 0 Å². The molecule has 1 amide bonds. The topological polar surface area (TPSA) is 49.8 Å². The number of fused-ring (bicyclic) bond motifs is 1. The van der Waals surface area contributed by atoms with Gasteiger partial charge in [-0.15, -0.1) is 0 Å². The molecule has 1 heterocycles. The van der Waals surface area contributed by atoms with Crippen LogP contribution < -0.4 is 4.90 Å². The van der Waals surface area contributed by atoms with E-state index in [2.05, 4.69) is 0 Å². The molecular weight excluding hydrogens is 394 g/mol. The first-order chi connectivity index (χ1) is 14.3. The SMILES string of the molecule is CC(C)(C)OC(=O)N1c2ccccc2S[C@@H]1C(O)(c1ccccc1)c1ccccc1. The van der Waals surface area contributed by atoms with Gasteiger partial charge in [-0.3, -0.25) is 4.90 Å². The molecule has 5 heteroatoms. The van der Waals surface area contributed by atoms with Gasteiger partial charge in [0.05, 0.1) is 5.69 Å².